The van der Waals surface area contributed by atoms with Crippen molar-refractivity contribution >= 4 is 6.34 Å². The summed E-state index contributed by atoms with van der Waals surface area (Å²) in [7, 11) is 5.45. The molecule has 0 fully saturated rings. The van der Waals surface area contributed by atoms with Crippen LogP contribution in [-0.4, -0.2) is 43.9 Å². The van der Waals surface area contributed by atoms with Gasteiger partial charge in [0.2, 0.25) is 0 Å². The molecule has 0 aliphatic carbocycles. The molecule has 6 nitrogen and oxygen atoms in total. The average molecular weight is 252 g/mol. The second-order valence-corrected chi connectivity index (χ2v) is 5.31. The molecule has 0 aliphatic heterocycles. The van der Waals surface area contributed by atoms with Gasteiger partial charge in [0.15, 0.2) is 0 Å². The molecular weight excluding hydrogens is 228 g/mol. The molecule has 0 aromatic heterocycles. The number of hydrazone groups is 1. The molecule has 0 aromatic rings. The van der Waals surface area contributed by atoms with Crippen LogP contribution in [0.5, 0.6) is 0 Å². The number of allylic oxidation sites excluding steroid dienone is 1. The highest BCUT2D eigenvalue weighted by molar-refractivity contribution is 5.54. The second kappa shape index (κ2) is 7.56. The number of nitrogens with one attached hydrogen (secondary N) is 2. The van der Waals surface area contributed by atoms with Crippen molar-refractivity contribution in [2.24, 2.45) is 10.5 Å². The molecule has 0 atom stereocenters. The van der Waals surface area contributed by atoms with E-state index in [1.54, 1.807) is 31.6 Å². The summed E-state index contributed by atoms with van der Waals surface area (Å²) in [6.07, 6.45) is 3.36. The van der Waals surface area contributed by atoms with Crippen LogP contribution in [0, 0.1) is 16.7 Å². The first-order valence-corrected chi connectivity index (χ1v) is 5.80. The minimum Gasteiger partial charge on any atom is -0.364 e. The Hall–Kier alpha value is -1.74. The Morgan fingerprint density at radius 3 is 2.44 bits per heavy atom. The van der Waals surface area contributed by atoms with Crippen LogP contribution in [-0.2, 0) is 0 Å². The number of hydrogen-bond acceptors (Lipinski definition) is 5. The first-order chi connectivity index (χ1) is 8.28. The maximum atomic E-state index is 8.83. The number of hydrogen-bond donors (Lipinski definition) is 2. The fraction of sp³-hybridized carbons (Fsp3) is 0.667. The molecular formula is C12H24N6. The Kier molecular flexibility index (Phi) is 6.83. The quantitative estimate of drug-likeness (QED) is 0.318. The fourth-order valence-corrected chi connectivity index (χ4v) is 1.40. The van der Waals surface area contributed by atoms with Crippen molar-refractivity contribution < 1.29 is 0 Å². The summed E-state index contributed by atoms with van der Waals surface area (Å²) in [4.78, 5) is 2.02. The monoisotopic (exact) mass is 252 g/mol. The van der Waals surface area contributed by atoms with Crippen molar-refractivity contribution in [2.75, 3.05) is 27.7 Å². The van der Waals surface area contributed by atoms with Crippen LogP contribution in [0.25, 0.3) is 0 Å². The van der Waals surface area contributed by atoms with E-state index in [2.05, 4.69) is 36.7 Å². The third-order valence-corrected chi connectivity index (χ3v) is 1.85. The zero-order chi connectivity index (χ0) is 14.2. The Morgan fingerprint density at radius 1 is 1.39 bits per heavy atom. The molecule has 0 rings (SSSR count). The van der Waals surface area contributed by atoms with Gasteiger partial charge in [-0.2, -0.15) is 10.4 Å². The average Bonchev–Trinajstić information content (AvgIpc) is 2.23. The summed E-state index contributed by atoms with van der Waals surface area (Å²) in [6.45, 7) is 7.43. The predicted octanol–water partition coefficient (Wildman–Crippen LogP) is 0.928. The summed E-state index contributed by atoms with van der Waals surface area (Å²) in [5.74, 6) is 0. The van der Waals surface area contributed by atoms with E-state index in [0.29, 0.717) is 5.70 Å². The van der Waals surface area contributed by atoms with Gasteiger partial charge < -0.3 is 10.3 Å². The van der Waals surface area contributed by atoms with Gasteiger partial charge in [0.1, 0.15) is 18.1 Å². The fourth-order valence-electron chi connectivity index (χ4n) is 1.40. The largest absolute Gasteiger partial charge is 0.364 e. The van der Waals surface area contributed by atoms with Gasteiger partial charge >= 0.3 is 0 Å². The lowest BCUT2D eigenvalue weighted by Gasteiger charge is -2.24. The summed E-state index contributed by atoms with van der Waals surface area (Å²) in [6, 6.07) is 2.02. The molecule has 0 bridgehead atoms. The van der Waals surface area contributed by atoms with Crippen LogP contribution in [0.1, 0.15) is 20.8 Å². The summed E-state index contributed by atoms with van der Waals surface area (Å²) < 4.78 is 0. The van der Waals surface area contributed by atoms with Gasteiger partial charge in [-0.05, 0) is 5.41 Å². The predicted molar refractivity (Wildman–Crippen MR) is 74.2 cm³/mol. The van der Waals surface area contributed by atoms with Gasteiger partial charge in [0.25, 0.3) is 0 Å². The number of nitrogens with zero attached hydrogens (tertiary/aromatic N) is 4. The minimum atomic E-state index is 0.223. The smallest absolute Gasteiger partial charge is 0.145 e. The van der Waals surface area contributed by atoms with Crippen LogP contribution in [0.15, 0.2) is 17.0 Å². The van der Waals surface area contributed by atoms with Crippen molar-refractivity contribution in [2.45, 2.75) is 20.8 Å². The van der Waals surface area contributed by atoms with Gasteiger partial charge in [0.05, 0.1) is 6.20 Å². The van der Waals surface area contributed by atoms with Crippen LogP contribution >= 0.6 is 0 Å². The SMILES string of the molecule is CNN/C(C#N)=C\N(C)/N=C\N(C)CC(C)(C)C. The molecule has 102 valence electrons. The molecule has 0 heterocycles. The van der Waals surface area contributed by atoms with Crippen LogP contribution in [0.2, 0.25) is 0 Å². The zero-order valence-electron chi connectivity index (χ0n) is 12.2. The summed E-state index contributed by atoms with van der Waals surface area (Å²) >= 11 is 0. The van der Waals surface area contributed by atoms with Gasteiger partial charge in [-0.15, -0.1) is 0 Å². The van der Waals surface area contributed by atoms with E-state index in [1.165, 1.54) is 0 Å². The van der Waals surface area contributed by atoms with Gasteiger partial charge in [0, 0.05) is 27.7 Å². The van der Waals surface area contributed by atoms with Gasteiger partial charge in [-0.1, -0.05) is 20.8 Å². The molecule has 0 spiro atoms. The first-order valence-electron chi connectivity index (χ1n) is 5.80. The van der Waals surface area contributed by atoms with Crippen molar-refractivity contribution in [1.82, 2.24) is 20.8 Å². The van der Waals surface area contributed by atoms with E-state index >= 15 is 0 Å². The highest BCUT2D eigenvalue weighted by Crippen LogP contribution is 2.13. The van der Waals surface area contributed by atoms with Crippen LogP contribution in [0.4, 0.5) is 0 Å². The van der Waals surface area contributed by atoms with Crippen LogP contribution < -0.4 is 10.9 Å². The third kappa shape index (κ3) is 8.42. The molecule has 0 unspecified atom stereocenters. The van der Waals surface area contributed by atoms with E-state index in [1.807, 2.05) is 18.0 Å². The van der Waals surface area contributed by atoms with Gasteiger partial charge in [-0.25, -0.2) is 5.43 Å². The van der Waals surface area contributed by atoms with Crippen molar-refractivity contribution in [3.05, 3.63) is 11.9 Å². The molecule has 0 saturated carbocycles. The normalized spacial score (nSPS) is 12.4. The zero-order valence-corrected chi connectivity index (χ0v) is 12.2. The van der Waals surface area contributed by atoms with Gasteiger partial charge in [-0.3, -0.25) is 5.01 Å². The minimum absolute atomic E-state index is 0.223. The topological polar surface area (TPSA) is 66.7 Å². The third-order valence-electron chi connectivity index (χ3n) is 1.85. The lowest BCUT2D eigenvalue weighted by molar-refractivity contribution is 0.307. The molecule has 18 heavy (non-hydrogen) atoms. The summed E-state index contributed by atoms with van der Waals surface area (Å²) in [5, 5.41) is 14.6. The van der Waals surface area contributed by atoms with E-state index in [4.69, 9.17) is 5.26 Å². The standard InChI is InChI=1S/C12H24N6/c1-12(2,3)9-17(5)10-15-18(6)8-11(7-13)16-14-4/h8,10,14,16H,9H2,1-6H3/b11-8-,15-10-. The van der Waals surface area contributed by atoms with E-state index in [0.717, 1.165) is 6.54 Å². The Balaban J connectivity index is 4.39. The highest BCUT2D eigenvalue weighted by atomic mass is 15.5. The Labute approximate surface area is 110 Å². The molecule has 6 heteroatoms. The molecule has 0 amide bonds. The number of hydrazine groups is 1. The summed E-state index contributed by atoms with van der Waals surface area (Å²) in [5.41, 5.74) is 6.02. The second-order valence-electron chi connectivity index (χ2n) is 5.31. The maximum Gasteiger partial charge on any atom is 0.145 e. The van der Waals surface area contributed by atoms with Crippen LogP contribution in [0.3, 0.4) is 0 Å². The maximum absolute atomic E-state index is 8.83. The molecule has 0 aliphatic rings. The van der Waals surface area contributed by atoms with E-state index in [9.17, 15) is 0 Å². The molecule has 0 radical (unpaired) electrons. The Morgan fingerprint density at radius 2 is 2.00 bits per heavy atom. The van der Waals surface area contributed by atoms with E-state index < -0.39 is 0 Å². The number of rotatable bonds is 6. The van der Waals surface area contributed by atoms with Crippen molar-refractivity contribution in [3.63, 3.8) is 0 Å². The van der Waals surface area contributed by atoms with Crippen molar-refractivity contribution in [1.29, 1.82) is 5.26 Å². The Bertz CT molecular complexity index is 333. The molecule has 0 saturated heterocycles. The molecule has 0 aromatic carbocycles. The van der Waals surface area contributed by atoms with E-state index in [-0.39, 0.29) is 5.41 Å². The highest BCUT2D eigenvalue weighted by Gasteiger charge is 2.11. The molecule has 2 N–H and O–H groups in total. The van der Waals surface area contributed by atoms with Crippen molar-refractivity contribution in [3.8, 4) is 6.07 Å². The lowest BCUT2D eigenvalue weighted by atomic mass is 9.97. The lowest BCUT2D eigenvalue weighted by Crippen LogP contribution is -2.29. The number of nitriles is 1. The first kappa shape index (κ1) is 16.3.